The molecule has 656 valence electrons. The Labute approximate surface area is 737 Å². The lowest BCUT2D eigenvalue weighted by Crippen LogP contribution is -2.40. The van der Waals surface area contributed by atoms with Crippen LogP contribution in [-0.4, -0.2) is 109 Å². The van der Waals surface area contributed by atoms with E-state index in [0.717, 1.165) is 36.5 Å². The lowest BCUT2D eigenvalue weighted by atomic mass is 9.81. The predicted molar refractivity (Wildman–Crippen MR) is 487 cm³/mol. The number of aryl methyl sites for hydroxylation is 1. The van der Waals surface area contributed by atoms with Crippen molar-refractivity contribution in [3.05, 3.63) is 244 Å². The summed E-state index contributed by atoms with van der Waals surface area (Å²) < 4.78 is 54.0. The zero-order valence-corrected chi connectivity index (χ0v) is 73.6. The van der Waals surface area contributed by atoms with Crippen LogP contribution < -0.4 is 26.6 Å². The number of carbonyl (C=O) groups excluding carboxylic acids is 5. The smallest absolute Gasteiger partial charge is 0.238 e. The Kier molecular flexibility index (Phi) is 28.4. The molecule has 128 heavy (non-hydrogen) atoms. The van der Waals surface area contributed by atoms with Crippen molar-refractivity contribution < 1.29 is 51.9 Å². The van der Waals surface area contributed by atoms with Crippen molar-refractivity contribution in [3.8, 4) is 23.1 Å². The summed E-state index contributed by atoms with van der Waals surface area (Å²) >= 11 is 0. The fourth-order valence-electron chi connectivity index (χ4n) is 13.0. The standard InChI is InChI=1S/C21H21FN4O.C19H18FN5O.C19H17FN4O2.C18H19N5O2.C18H22N4O2/c1-13(21(2,3)4)19(27)25-20-24-17-11-8-15(23-5)12-18(17)26(20)16-9-6-14(22)7-10-16;1-11(2)12(3)18(26)24-19-23-15-7-6-14(21-4)9-16(15)25(19)17-8-5-13(20)10-22-17;1-19(2,26)11-17(25)23-18-22-15-9-6-13(21-3)10-16(15)24(18)14-7-4-12(20)5-8-14;1-11-8-16(25-22-11)23-14-9-12(19-5)6-7-13(14)20-17(23)21-15(24)10-18(2,3)4;1-11(23)18(2,3)16(24)21-17-20-14-9-8-12(19-4)10-15(14)22(17)13-6-5-7-13/h6-13H,1-4H3,(H,24,25,27);5-12H,1-3H3,(H,23,24,26);4-10,26H,11H2,1-2H3,(H,22,23,25);6-9H,10H2,1-4H3,(H,20,21,24);8-11,13,23H,5-7H2,1-3H3,(H,20,21,24)/t13-;12-;;;/m10.../s1. The monoisotopic (exact) mass is 1730 g/mol. The Bertz CT molecular complexity index is 6740. The van der Waals surface area contributed by atoms with Crippen molar-refractivity contribution in [2.24, 2.45) is 34.0 Å². The van der Waals surface area contributed by atoms with E-state index in [1.165, 1.54) is 50.2 Å². The minimum absolute atomic E-state index is 0.104. The van der Waals surface area contributed by atoms with E-state index < -0.39 is 28.8 Å². The van der Waals surface area contributed by atoms with E-state index in [1.54, 1.807) is 148 Å². The van der Waals surface area contributed by atoms with Gasteiger partial charge in [0.1, 0.15) is 23.3 Å². The van der Waals surface area contributed by atoms with E-state index in [1.807, 2.05) is 92.9 Å². The number of aliphatic hydroxyl groups excluding tert-OH is 1. The maximum Gasteiger partial charge on any atom is 0.238 e. The molecule has 0 bridgehead atoms. The predicted octanol–water partition coefficient (Wildman–Crippen LogP) is 21.4. The molecule has 7 aromatic carbocycles. The number of imidazole rings is 5. The molecule has 1 fully saturated rings. The van der Waals surface area contributed by atoms with E-state index in [9.17, 15) is 47.4 Å². The van der Waals surface area contributed by atoms with Crippen LogP contribution in [0.15, 0.2) is 168 Å². The summed E-state index contributed by atoms with van der Waals surface area (Å²) in [6, 6.07) is 42.2. The highest BCUT2D eigenvalue weighted by molar-refractivity contribution is 5.99. The average Bonchev–Trinajstić information content (AvgIpc) is 1.64. The minimum Gasteiger partial charge on any atom is -0.392 e. The van der Waals surface area contributed by atoms with Gasteiger partial charge in [0.2, 0.25) is 65.2 Å². The fraction of sp³-hybridized carbons (Fsp3) is 0.316. The van der Waals surface area contributed by atoms with Gasteiger partial charge in [-0.05, 0) is 199 Å². The average molecular weight is 1730 g/mol. The number of fused-ring (bicyclic) bond motifs is 5. The third kappa shape index (κ3) is 22.3. The number of rotatable bonds is 18. The summed E-state index contributed by atoms with van der Waals surface area (Å²) in [7, 11) is 0. The van der Waals surface area contributed by atoms with Crippen LogP contribution in [0.25, 0.3) is 102 Å². The molecule has 1 aliphatic carbocycles. The molecule has 30 nitrogen and oxygen atoms in total. The third-order valence-electron chi connectivity index (χ3n) is 21.5. The maximum absolute atomic E-state index is 13.4. The second-order valence-corrected chi connectivity index (χ2v) is 34.8. The summed E-state index contributed by atoms with van der Waals surface area (Å²) in [6.07, 6.45) is 3.81. The molecule has 0 saturated heterocycles. The normalized spacial score (nSPS) is 12.8. The zero-order valence-electron chi connectivity index (χ0n) is 73.6. The first-order valence-electron chi connectivity index (χ1n) is 41.0. The highest BCUT2D eigenvalue weighted by atomic mass is 19.1. The molecule has 0 spiro atoms. The lowest BCUT2D eigenvalue weighted by Gasteiger charge is -2.31. The van der Waals surface area contributed by atoms with Gasteiger partial charge in [-0.3, -0.25) is 64.3 Å². The number of nitrogens with zero attached hydrogens (tertiary/aromatic N) is 17. The molecule has 5 amide bonds. The molecule has 3 atom stereocenters. The van der Waals surface area contributed by atoms with Gasteiger partial charge in [-0.2, -0.15) is 0 Å². The molecule has 33 heteroatoms. The van der Waals surface area contributed by atoms with Gasteiger partial charge in [-0.25, -0.2) is 71.9 Å². The summed E-state index contributed by atoms with van der Waals surface area (Å²) in [5.41, 5.74) is 8.64. The number of aliphatic hydroxyl groups is 2. The van der Waals surface area contributed by atoms with Crippen LogP contribution in [0.5, 0.6) is 0 Å². The van der Waals surface area contributed by atoms with E-state index in [4.69, 9.17) is 37.4 Å². The Morgan fingerprint density at radius 1 is 0.477 bits per heavy atom. The molecule has 15 rings (SSSR count). The van der Waals surface area contributed by atoms with Crippen LogP contribution in [-0.2, 0) is 24.0 Å². The molecular formula is C95H97F3N22O8. The first-order chi connectivity index (χ1) is 60.5. The second kappa shape index (κ2) is 38.9. The van der Waals surface area contributed by atoms with Gasteiger partial charge in [-0.15, -0.1) is 0 Å². The van der Waals surface area contributed by atoms with Gasteiger partial charge in [0.05, 0.1) is 123 Å². The quantitative estimate of drug-likeness (QED) is 0.0393. The lowest BCUT2D eigenvalue weighted by molar-refractivity contribution is -0.129. The van der Waals surface area contributed by atoms with Gasteiger partial charge < -0.3 is 19.3 Å². The first kappa shape index (κ1) is 93.5. The van der Waals surface area contributed by atoms with Gasteiger partial charge in [-0.1, -0.05) is 105 Å². The molecule has 7 heterocycles. The van der Waals surface area contributed by atoms with Gasteiger partial charge >= 0.3 is 0 Å². The Morgan fingerprint density at radius 2 is 0.859 bits per heavy atom. The highest BCUT2D eigenvalue weighted by Crippen LogP contribution is 2.41. The van der Waals surface area contributed by atoms with E-state index in [0.29, 0.717) is 138 Å². The number of carbonyl (C=O) groups is 5. The number of hydrogen-bond acceptors (Lipinski definition) is 15. The molecule has 7 aromatic heterocycles. The second-order valence-electron chi connectivity index (χ2n) is 34.8. The van der Waals surface area contributed by atoms with Gasteiger partial charge in [0, 0.05) is 41.7 Å². The highest BCUT2D eigenvalue weighted by Gasteiger charge is 2.36. The van der Waals surface area contributed by atoms with Crippen molar-refractivity contribution in [1.82, 2.24) is 57.9 Å². The van der Waals surface area contributed by atoms with Crippen LogP contribution in [0.2, 0.25) is 0 Å². The minimum atomic E-state index is -1.16. The van der Waals surface area contributed by atoms with Crippen molar-refractivity contribution >= 4 is 143 Å². The maximum atomic E-state index is 13.4. The largest absolute Gasteiger partial charge is 0.392 e. The molecule has 0 radical (unpaired) electrons. The third-order valence-corrected chi connectivity index (χ3v) is 21.5. The number of amides is 5. The molecule has 1 unspecified atom stereocenters. The van der Waals surface area contributed by atoms with Crippen molar-refractivity contribution in [2.75, 3.05) is 26.6 Å². The number of nitrogens with one attached hydrogen (secondary N) is 5. The van der Waals surface area contributed by atoms with Crippen molar-refractivity contribution in [1.29, 1.82) is 0 Å². The van der Waals surface area contributed by atoms with Crippen LogP contribution in [0, 0.1) is 91.2 Å². The van der Waals surface area contributed by atoms with Crippen LogP contribution in [0.3, 0.4) is 0 Å². The van der Waals surface area contributed by atoms with Crippen LogP contribution in [0.4, 0.5) is 71.3 Å². The van der Waals surface area contributed by atoms with Crippen molar-refractivity contribution in [3.63, 3.8) is 0 Å². The molecule has 0 aliphatic heterocycles. The van der Waals surface area contributed by atoms with Crippen LogP contribution >= 0.6 is 0 Å². The number of aromatic nitrogens is 12. The molecular weight excluding hydrogens is 1630 g/mol. The Hall–Kier alpha value is -15.2. The summed E-state index contributed by atoms with van der Waals surface area (Å²) in [5, 5.41) is 37.7. The molecule has 7 N–H and O–H groups in total. The van der Waals surface area contributed by atoms with E-state index in [2.05, 4.69) is 85.9 Å². The topological polar surface area (TPSA) is 336 Å². The van der Waals surface area contributed by atoms with Gasteiger partial charge in [0.25, 0.3) is 0 Å². The molecule has 1 saturated carbocycles. The zero-order chi connectivity index (χ0) is 93.2. The first-order valence-corrected chi connectivity index (χ1v) is 41.0. The summed E-state index contributed by atoms with van der Waals surface area (Å²) in [5.74, 6) is -0.00629. The SMILES string of the molecule is [C-]#[N+]c1ccc2nc(NC(=O)C(C)(C)C(C)O)n(C3CCC3)c2c1.[C-]#[N+]c1ccc2nc(NC(=O)CC(C)(C)C)n(-c3cc(C)no3)c2c1.[C-]#[N+]c1ccc2nc(NC(=O)CC(C)(C)O)n(-c3ccc(F)cc3)c2c1.[C-]#[N+]c1ccc2nc(NC(=O)[C@@H](C)C(C)(C)C)n(-c3ccc(F)cc3)c2c1.[C-]#[N+]c1ccc2nc(NC(=O)[C@@H](C)C(C)C)n(-c3ccc(F)cn3)c2c1. The summed E-state index contributed by atoms with van der Waals surface area (Å²) in [4.78, 5) is 106. The number of anilines is 5. The number of halogens is 3. The molecule has 14 aromatic rings. The Morgan fingerprint density at radius 3 is 1.23 bits per heavy atom. The van der Waals surface area contributed by atoms with Gasteiger partial charge in [0.15, 0.2) is 28.4 Å². The van der Waals surface area contributed by atoms with Crippen molar-refractivity contribution in [2.45, 2.75) is 161 Å². The fourth-order valence-corrected chi connectivity index (χ4v) is 13.0. The Balaban J connectivity index is 0.000000155. The summed E-state index contributed by atoms with van der Waals surface area (Å²) in [6.45, 7) is 65.6. The molecule has 1 aliphatic rings. The number of pyridine rings is 1. The van der Waals surface area contributed by atoms with E-state index >= 15 is 0 Å². The number of hydrogen-bond donors (Lipinski definition) is 7. The van der Waals surface area contributed by atoms with E-state index in [-0.39, 0.29) is 76.2 Å². The number of benzene rings is 7. The van der Waals surface area contributed by atoms with Crippen LogP contribution in [0.1, 0.15) is 148 Å².